The highest BCUT2D eigenvalue weighted by Crippen LogP contribution is 2.30. The van der Waals surface area contributed by atoms with E-state index in [9.17, 15) is 4.79 Å². The van der Waals surface area contributed by atoms with Gasteiger partial charge in [-0.1, -0.05) is 18.2 Å². The smallest absolute Gasteiger partial charge is 0.340 e. The van der Waals surface area contributed by atoms with Crippen molar-refractivity contribution in [1.29, 1.82) is 5.26 Å². The van der Waals surface area contributed by atoms with E-state index in [1.54, 1.807) is 6.92 Å². The molecule has 4 nitrogen and oxygen atoms in total. The Bertz CT molecular complexity index is 731. The molecule has 0 saturated heterocycles. The summed E-state index contributed by atoms with van der Waals surface area (Å²) in [6.07, 6.45) is 2.01. The molecule has 0 N–H and O–H groups in total. The average Bonchev–Trinajstić information content (AvgIpc) is 2.91. The third kappa shape index (κ3) is 2.01. The van der Waals surface area contributed by atoms with Crippen molar-refractivity contribution in [3.8, 4) is 6.07 Å². The number of carbonyl (C=O) groups excluding carboxylic acids is 1. The summed E-state index contributed by atoms with van der Waals surface area (Å²) < 4.78 is 5.19. The van der Waals surface area contributed by atoms with Crippen LogP contribution < -0.4 is 0 Å². The number of nitriles is 1. The Balaban J connectivity index is 2.18. The zero-order chi connectivity index (χ0) is 14.1. The number of para-hydroxylation sites is 1. The van der Waals surface area contributed by atoms with E-state index in [0.29, 0.717) is 5.56 Å². The fourth-order valence-corrected chi connectivity index (χ4v) is 2.69. The van der Waals surface area contributed by atoms with Gasteiger partial charge >= 0.3 is 5.97 Å². The molecule has 0 unspecified atom stereocenters. The van der Waals surface area contributed by atoms with E-state index in [-0.39, 0.29) is 0 Å². The predicted molar refractivity (Wildman–Crippen MR) is 74.3 cm³/mol. The Labute approximate surface area is 117 Å². The molecule has 0 aliphatic heterocycles. The van der Waals surface area contributed by atoms with Gasteiger partial charge < -0.3 is 4.74 Å². The van der Waals surface area contributed by atoms with E-state index in [1.807, 2.05) is 30.3 Å². The van der Waals surface area contributed by atoms with Gasteiger partial charge in [0.1, 0.15) is 6.07 Å². The summed E-state index contributed by atoms with van der Waals surface area (Å²) >= 11 is 0. The summed E-state index contributed by atoms with van der Waals surface area (Å²) in [7, 11) is 0. The van der Waals surface area contributed by atoms with E-state index in [2.05, 4.69) is 4.98 Å². The number of aryl methyl sites for hydroxylation is 1. The van der Waals surface area contributed by atoms with Crippen molar-refractivity contribution in [2.45, 2.75) is 32.3 Å². The fraction of sp³-hybridized carbons (Fsp3) is 0.312. The first-order chi connectivity index (χ1) is 9.70. The second-order valence-electron chi connectivity index (χ2n) is 4.96. The molecule has 0 spiro atoms. The fourth-order valence-electron chi connectivity index (χ4n) is 2.69. The van der Waals surface area contributed by atoms with Crippen LogP contribution in [0.5, 0.6) is 0 Å². The van der Waals surface area contributed by atoms with E-state index < -0.39 is 12.1 Å². The Morgan fingerprint density at radius 3 is 3.00 bits per heavy atom. The van der Waals surface area contributed by atoms with Crippen molar-refractivity contribution < 1.29 is 9.53 Å². The minimum Gasteiger partial charge on any atom is -0.444 e. The van der Waals surface area contributed by atoms with Crippen LogP contribution in [0.25, 0.3) is 10.9 Å². The summed E-state index contributed by atoms with van der Waals surface area (Å²) in [5.74, 6) is -0.421. The summed E-state index contributed by atoms with van der Waals surface area (Å²) in [6.45, 7) is 1.57. The lowest BCUT2D eigenvalue weighted by atomic mass is 10.0. The third-order valence-electron chi connectivity index (χ3n) is 3.59. The van der Waals surface area contributed by atoms with Crippen molar-refractivity contribution in [2.75, 3.05) is 0 Å². The number of fused-ring (bicyclic) bond motifs is 2. The minimum absolute atomic E-state index is 0.421. The van der Waals surface area contributed by atoms with Gasteiger partial charge in [0, 0.05) is 11.1 Å². The predicted octanol–water partition coefficient (Wildman–Crippen LogP) is 2.79. The molecule has 4 heteroatoms. The van der Waals surface area contributed by atoms with E-state index in [1.165, 1.54) is 0 Å². The lowest BCUT2D eigenvalue weighted by Gasteiger charge is -2.12. The molecule has 0 radical (unpaired) electrons. The maximum atomic E-state index is 12.4. The van der Waals surface area contributed by atoms with Gasteiger partial charge in [-0.05, 0) is 37.8 Å². The lowest BCUT2D eigenvalue weighted by Crippen LogP contribution is -2.16. The van der Waals surface area contributed by atoms with E-state index in [4.69, 9.17) is 10.00 Å². The van der Waals surface area contributed by atoms with Crippen LogP contribution in [0.2, 0.25) is 0 Å². The monoisotopic (exact) mass is 266 g/mol. The van der Waals surface area contributed by atoms with Crippen molar-refractivity contribution in [3.63, 3.8) is 0 Å². The van der Waals surface area contributed by atoms with Gasteiger partial charge in [-0.3, -0.25) is 4.98 Å². The number of carbonyl (C=O) groups is 1. The molecular formula is C16H14N2O2. The SMILES string of the molecule is C[C@H](C#N)OC(=O)c1c2c(nc3ccccc13)CCC2. The standard InChI is InChI=1S/C16H14N2O2/c1-10(9-17)20-16(19)15-11-5-2-3-7-13(11)18-14-8-4-6-12(14)15/h2-3,5,7,10H,4,6,8H2,1H3/t10-/m1/s1. The molecule has 3 rings (SSSR count). The van der Waals surface area contributed by atoms with Gasteiger partial charge in [-0.25, -0.2) is 4.79 Å². The lowest BCUT2D eigenvalue weighted by molar-refractivity contribution is 0.0436. The molecular weight excluding hydrogens is 252 g/mol. The maximum absolute atomic E-state index is 12.4. The summed E-state index contributed by atoms with van der Waals surface area (Å²) in [5, 5.41) is 9.61. The zero-order valence-electron chi connectivity index (χ0n) is 11.2. The van der Waals surface area contributed by atoms with E-state index in [0.717, 1.165) is 41.4 Å². The van der Waals surface area contributed by atoms with Gasteiger partial charge in [-0.2, -0.15) is 5.26 Å². The molecule has 0 bridgehead atoms. The van der Waals surface area contributed by atoms with Crippen molar-refractivity contribution in [1.82, 2.24) is 4.98 Å². The van der Waals surface area contributed by atoms with Gasteiger partial charge in [0.25, 0.3) is 0 Å². The molecule has 100 valence electrons. The number of aromatic nitrogens is 1. The highest BCUT2D eigenvalue weighted by molar-refractivity contribution is 6.05. The van der Waals surface area contributed by atoms with E-state index >= 15 is 0 Å². The van der Waals surface area contributed by atoms with Crippen molar-refractivity contribution in [2.24, 2.45) is 0 Å². The largest absolute Gasteiger partial charge is 0.444 e. The number of benzene rings is 1. The topological polar surface area (TPSA) is 63.0 Å². The van der Waals surface area contributed by atoms with Crippen LogP contribution in [0.3, 0.4) is 0 Å². The molecule has 1 aliphatic rings. The van der Waals surface area contributed by atoms with Gasteiger partial charge in [0.15, 0.2) is 6.10 Å². The molecule has 0 saturated carbocycles. The van der Waals surface area contributed by atoms with Crippen LogP contribution >= 0.6 is 0 Å². The van der Waals surface area contributed by atoms with Gasteiger partial charge in [-0.15, -0.1) is 0 Å². The van der Waals surface area contributed by atoms with Crippen LogP contribution in [-0.4, -0.2) is 17.1 Å². The van der Waals surface area contributed by atoms with Crippen LogP contribution in [0.15, 0.2) is 24.3 Å². The highest BCUT2D eigenvalue weighted by atomic mass is 16.5. The Morgan fingerprint density at radius 1 is 1.40 bits per heavy atom. The first kappa shape index (κ1) is 12.6. The second kappa shape index (κ2) is 4.93. The van der Waals surface area contributed by atoms with Gasteiger partial charge in [0.05, 0.1) is 11.1 Å². The number of pyridine rings is 1. The van der Waals surface area contributed by atoms with Crippen LogP contribution in [0, 0.1) is 11.3 Å². The molecule has 0 fully saturated rings. The van der Waals surface area contributed by atoms with Crippen molar-refractivity contribution in [3.05, 3.63) is 41.1 Å². The normalized spacial score (nSPS) is 14.6. The third-order valence-corrected chi connectivity index (χ3v) is 3.59. The molecule has 1 heterocycles. The Kier molecular flexibility index (Phi) is 3.11. The number of hydrogen-bond donors (Lipinski definition) is 0. The highest BCUT2D eigenvalue weighted by Gasteiger charge is 2.25. The average molecular weight is 266 g/mol. The van der Waals surface area contributed by atoms with Crippen molar-refractivity contribution >= 4 is 16.9 Å². The summed E-state index contributed by atoms with van der Waals surface area (Å²) in [4.78, 5) is 17.0. The number of esters is 1. The maximum Gasteiger partial charge on any atom is 0.340 e. The van der Waals surface area contributed by atoms with Crippen LogP contribution in [-0.2, 0) is 17.6 Å². The Morgan fingerprint density at radius 2 is 2.20 bits per heavy atom. The second-order valence-corrected chi connectivity index (χ2v) is 4.96. The summed E-state index contributed by atoms with van der Waals surface area (Å²) in [5.41, 5.74) is 3.37. The molecule has 1 atom stereocenters. The van der Waals surface area contributed by atoms with Gasteiger partial charge in [0.2, 0.25) is 0 Å². The number of nitrogens with zero attached hydrogens (tertiary/aromatic N) is 2. The molecule has 1 aromatic carbocycles. The molecule has 20 heavy (non-hydrogen) atoms. The molecule has 0 amide bonds. The van der Waals surface area contributed by atoms with Crippen LogP contribution in [0.4, 0.5) is 0 Å². The summed E-state index contributed by atoms with van der Waals surface area (Å²) in [6, 6.07) is 9.50. The van der Waals surface area contributed by atoms with Crippen LogP contribution in [0.1, 0.15) is 35.0 Å². The first-order valence-electron chi connectivity index (χ1n) is 6.72. The minimum atomic E-state index is -0.744. The zero-order valence-corrected chi connectivity index (χ0v) is 11.2. The number of ether oxygens (including phenoxy) is 1. The Hall–Kier alpha value is -2.41. The molecule has 2 aromatic rings. The molecule has 1 aliphatic carbocycles. The number of rotatable bonds is 2. The molecule has 1 aromatic heterocycles. The number of hydrogen-bond acceptors (Lipinski definition) is 4. The quantitative estimate of drug-likeness (QED) is 0.784. The first-order valence-corrected chi connectivity index (χ1v) is 6.72.